The van der Waals surface area contributed by atoms with Gasteiger partial charge in [0.2, 0.25) is 0 Å². The van der Waals surface area contributed by atoms with Crippen molar-refractivity contribution in [2.24, 2.45) is 5.92 Å². The molecule has 0 radical (unpaired) electrons. The van der Waals surface area contributed by atoms with Gasteiger partial charge in [0.05, 0.1) is 18.2 Å². The van der Waals surface area contributed by atoms with E-state index in [0.717, 1.165) is 31.2 Å². The number of aliphatic hydroxyl groups is 1. The van der Waals surface area contributed by atoms with Gasteiger partial charge in [0.25, 0.3) is 0 Å². The van der Waals surface area contributed by atoms with Crippen molar-refractivity contribution in [2.75, 3.05) is 13.2 Å². The summed E-state index contributed by atoms with van der Waals surface area (Å²) in [5.74, 6) is -0.328. The van der Waals surface area contributed by atoms with E-state index in [-0.39, 0.29) is 23.9 Å². The van der Waals surface area contributed by atoms with Crippen molar-refractivity contribution in [3.63, 3.8) is 0 Å². The van der Waals surface area contributed by atoms with Gasteiger partial charge in [0, 0.05) is 12.5 Å². The molecule has 4 nitrogen and oxygen atoms in total. The van der Waals surface area contributed by atoms with Gasteiger partial charge in [0.1, 0.15) is 5.82 Å². The van der Waals surface area contributed by atoms with Crippen molar-refractivity contribution in [1.29, 1.82) is 0 Å². The Hall–Kier alpha value is -1.62. The van der Waals surface area contributed by atoms with E-state index in [1.165, 1.54) is 12.1 Å². The van der Waals surface area contributed by atoms with Crippen LogP contribution in [0.25, 0.3) is 0 Å². The standard InChI is InChI=1S/C18H24FNO3/c1-2-23-17(21)20-12-11-18(22)10-4-3-5-15(18)16(20)13-6-8-14(19)9-7-13/h6-9,15-16,22H,2-5,10-12H2,1H3/t15?,16?,18-/m0/s1. The van der Waals surface area contributed by atoms with E-state index in [2.05, 4.69) is 0 Å². The molecule has 3 atom stereocenters. The van der Waals surface area contributed by atoms with Crippen LogP contribution >= 0.6 is 0 Å². The molecule has 0 bridgehead atoms. The molecule has 1 aliphatic heterocycles. The molecule has 0 spiro atoms. The van der Waals surface area contributed by atoms with Gasteiger partial charge in [-0.2, -0.15) is 0 Å². The molecule has 1 saturated heterocycles. The Balaban J connectivity index is 1.97. The van der Waals surface area contributed by atoms with Crippen LogP contribution in [-0.2, 0) is 4.74 Å². The second kappa shape index (κ2) is 6.48. The Kier molecular flexibility index (Phi) is 4.57. The largest absolute Gasteiger partial charge is 0.450 e. The molecule has 3 rings (SSSR count). The minimum absolute atomic E-state index is 0.0279. The maximum Gasteiger partial charge on any atom is 0.410 e. The van der Waals surface area contributed by atoms with Crippen molar-refractivity contribution in [3.8, 4) is 0 Å². The van der Waals surface area contributed by atoms with Crippen molar-refractivity contribution < 1.29 is 19.0 Å². The first-order valence-corrected chi connectivity index (χ1v) is 8.46. The highest BCUT2D eigenvalue weighted by atomic mass is 19.1. The van der Waals surface area contributed by atoms with Crippen LogP contribution in [0.5, 0.6) is 0 Å². The smallest absolute Gasteiger partial charge is 0.410 e. The number of hydrogen-bond acceptors (Lipinski definition) is 3. The molecule has 1 aromatic carbocycles. The second-order valence-electron chi connectivity index (χ2n) is 6.59. The lowest BCUT2D eigenvalue weighted by Crippen LogP contribution is -2.56. The summed E-state index contributed by atoms with van der Waals surface area (Å²) in [4.78, 5) is 14.1. The average molecular weight is 321 g/mol. The number of likely N-dealkylation sites (tertiary alicyclic amines) is 1. The number of ether oxygens (including phenoxy) is 1. The average Bonchev–Trinajstić information content (AvgIpc) is 2.54. The zero-order chi connectivity index (χ0) is 16.4. The van der Waals surface area contributed by atoms with Gasteiger partial charge in [0.15, 0.2) is 0 Å². The Morgan fingerprint density at radius 2 is 2.09 bits per heavy atom. The molecule has 1 amide bonds. The maximum absolute atomic E-state index is 13.3. The SMILES string of the molecule is CCOC(=O)N1CC[C@@]2(O)CCCCC2C1c1ccc(F)cc1. The van der Waals surface area contributed by atoms with Gasteiger partial charge in [-0.05, 0) is 43.9 Å². The van der Waals surface area contributed by atoms with Gasteiger partial charge < -0.3 is 14.7 Å². The lowest BCUT2D eigenvalue weighted by atomic mass is 9.66. The summed E-state index contributed by atoms with van der Waals surface area (Å²) in [7, 11) is 0. The molecule has 5 heteroatoms. The van der Waals surface area contributed by atoms with E-state index < -0.39 is 5.60 Å². The molecule has 1 aliphatic carbocycles. The van der Waals surface area contributed by atoms with Gasteiger partial charge >= 0.3 is 6.09 Å². The predicted octanol–water partition coefficient (Wildman–Crippen LogP) is 3.65. The Labute approximate surface area is 136 Å². The summed E-state index contributed by atoms with van der Waals surface area (Å²) in [6, 6.07) is 6.00. The molecule has 126 valence electrons. The molecule has 1 aromatic rings. The molecule has 2 fully saturated rings. The van der Waals surface area contributed by atoms with E-state index >= 15 is 0 Å². The molecule has 1 N–H and O–H groups in total. The van der Waals surface area contributed by atoms with Gasteiger partial charge in [-0.3, -0.25) is 0 Å². The second-order valence-corrected chi connectivity index (χ2v) is 6.59. The fourth-order valence-electron chi connectivity index (χ4n) is 4.17. The molecule has 2 unspecified atom stereocenters. The number of fused-ring (bicyclic) bond motifs is 1. The van der Waals surface area contributed by atoms with E-state index in [9.17, 15) is 14.3 Å². The van der Waals surface area contributed by atoms with Crippen LogP contribution < -0.4 is 0 Å². The number of hydrogen-bond donors (Lipinski definition) is 1. The summed E-state index contributed by atoms with van der Waals surface area (Å²) in [5.41, 5.74) is 0.129. The van der Waals surface area contributed by atoms with E-state index in [0.29, 0.717) is 19.6 Å². The molecular weight excluding hydrogens is 297 g/mol. The van der Waals surface area contributed by atoms with Crippen molar-refractivity contribution in [1.82, 2.24) is 4.90 Å². The minimum Gasteiger partial charge on any atom is -0.450 e. The van der Waals surface area contributed by atoms with E-state index in [1.54, 1.807) is 24.0 Å². The number of nitrogens with zero attached hydrogens (tertiary/aromatic N) is 1. The summed E-state index contributed by atoms with van der Waals surface area (Å²) >= 11 is 0. The molecule has 1 saturated carbocycles. The van der Waals surface area contributed by atoms with Gasteiger partial charge in [-0.1, -0.05) is 25.0 Å². The number of amides is 1. The van der Waals surface area contributed by atoms with Crippen LogP contribution in [0.4, 0.5) is 9.18 Å². The number of carbonyl (C=O) groups is 1. The highest BCUT2D eigenvalue weighted by Gasteiger charge is 2.50. The molecular formula is C18H24FNO3. The molecule has 2 aliphatic rings. The predicted molar refractivity (Wildman–Crippen MR) is 84.4 cm³/mol. The molecule has 0 aromatic heterocycles. The van der Waals surface area contributed by atoms with Gasteiger partial charge in [-0.15, -0.1) is 0 Å². The van der Waals surface area contributed by atoms with Crippen LogP contribution in [0.3, 0.4) is 0 Å². The fourth-order valence-corrected chi connectivity index (χ4v) is 4.17. The zero-order valence-corrected chi connectivity index (χ0v) is 13.5. The lowest BCUT2D eigenvalue weighted by molar-refractivity contribution is -0.118. The number of carbonyl (C=O) groups excluding carboxylic acids is 1. The van der Waals surface area contributed by atoms with Crippen LogP contribution in [-0.4, -0.2) is 34.9 Å². The molecule has 1 heterocycles. The van der Waals surface area contributed by atoms with Crippen molar-refractivity contribution in [2.45, 2.75) is 50.7 Å². The highest BCUT2D eigenvalue weighted by Crippen LogP contribution is 2.49. The topological polar surface area (TPSA) is 49.8 Å². The third kappa shape index (κ3) is 3.07. The summed E-state index contributed by atoms with van der Waals surface area (Å²) in [6.45, 7) is 2.57. The van der Waals surface area contributed by atoms with Gasteiger partial charge in [-0.25, -0.2) is 9.18 Å². The third-order valence-electron chi connectivity index (χ3n) is 5.28. The Bertz CT molecular complexity index is 562. The van der Waals surface area contributed by atoms with Crippen LogP contribution in [0.2, 0.25) is 0 Å². The Morgan fingerprint density at radius 1 is 1.35 bits per heavy atom. The molecule has 23 heavy (non-hydrogen) atoms. The van der Waals surface area contributed by atoms with Crippen LogP contribution in [0.15, 0.2) is 24.3 Å². The minimum atomic E-state index is -0.736. The van der Waals surface area contributed by atoms with Crippen LogP contribution in [0, 0.1) is 11.7 Å². The maximum atomic E-state index is 13.3. The fraction of sp³-hybridized carbons (Fsp3) is 0.611. The normalized spacial score (nSPS) is 30.7. The number of benzene rings is 1. The quantitative estimate of drug-likeness (QED) is 0.904. The first-order chi connectivity index (χ1) is 11.0. The number of piperidine rings is 1. The number of halogens is 1. The summed E-state index contributed by atoms with van der Waals surface area (Å²) in [6.07, 6.45) is 3.92. The van der Waals surface area contributed by atoms with Crippen LogP contribution in [0.1, 0.15) is 50.6 Å². The van der Waals surface area contributed by atoms with Crippen molar-refractivity contribution >= 4 is 6.09 Å². The monoisotopic (exact) mass is 321 g/mol. The summed E-state index contributed by atoms with van der Waals surface area (Å²) in [5, 5.41) is 11.1. The van der Waals surface area contributed by atoms with E-state index in [1.807, 2.05) is 0 Å². The Morgan fingerprint density at radius 3 is 2.78 bits per heavy atom. The van der Waals surface area contributed by atoms with Crippen molar-refractivity contribution in [3.05, 3.63) is 35.6 Å². The first kappa shape index (κ1) is 16.2. The first-order valence-electron chi connectivity index (χ1n) is 8.46. The number of rotatable bonds is 2. The summed E-state index contributed by atoms with van der Waals surface area (Å²) < 4.78 is 18.5. The zero-order valence-electron chi connectivity index (χ0n) is 13.5. The third-order valence-corrected chi connectivity index (χ3v) is 5.28. The highest BCUT2D eigenvalue weighted by molar-refractivity contribution is 5.68. The van der Waals surface area contributed by atoms with E-state index in [4.69, 9.17) is 4.74 Å². The lowest BCUT2D eigenvalue weighted by Gasteiger charge is -2.52.